The second-order valence-corrected chi connectivity index (χ2v) is 10.7. The van der Waals surface area contributed by atoms with Crippen molar-refractivity contribution in [2.45, 2.75) is 23.8 Å². The highest BCUT2D eigenvalue weighted by molar-refractivity contribution is 7.89. The molecule has 1 saturated heterocycles. The number of sulfonamides is 1. The average molecular weight is 529 g/mol. The van der Waals surface area contributed by atoms with Crippen LogP contribution in [0.15, 0.2) is 83.9 Å². The van der Waals surface area contributed by atoms with Crippen LogP contribution in [0, 0.1) is 11.3 Å². The van der Waals surface area contributed by atoms with Gasteiger partial charge in [-0.3, -0.25) is 9.59 Å². The van der Waals surface area contributed by atoms with Crippen LogP contribution in [-0.2, 0) is 26.0 Å². The Morgan fingerprint density at radius 1 is 1.05 bits per heavy atom. The van der Waals surface area contributed by atoms with Gasteiger partial charge in [-0.05, 0) is 66.6 Å². The number of nitrogens with zero attached hydrogens (tertiary/aromatic N) is 3. The molecule has 1 unspecified atom stereocenters. The predicted octanol–water partition coefficient (Wildman–Crippen LogP) is 3.61. The summed E-state index contributed by atoms with van der Waals surface area (Å²) in [6.45, 7) is -0.0128. The molecular weight excluding hydrogens is 504 g/mol. The lowest BCUT2D eigenvalue weighted by Gasteiger charge is -2.27. The maximum atomic E-state index is 13.9. The van der Waals surface area contributed by atoms with Crippen LogP contribution in [0.25, 0.3) is 10.9 Å². The first-order valence-corrected chi connectivity index (χ1v) is 13.4. The van der Waals surface area contributed by atoms with Crippen molar-refractivity contribution >= 4 is 38.4 Å². The number of aromatic nitrogens is 1. The van der Waals surface area contributed by atoms with Crippen LogP contribution < -0.4 is 9.64 Å². The van der Waals surface area contributed by atoms with Gasteiger partial charge in [-0.1, -0.05) is 18.2 Å². The summed E-state index contributed by atoms with van der Waals surface area (Å²) in [7, 11) is -2.68. The number of para-hydroxylation sites is 1. The van der Waals surface area contributed by atoms with E-state index in [2.05, 4.69) is 4.98 Å². The molecule has 10 heteroatoms. The lowest BCUT2D eigenvalue weighted by molar-refractivity contribution is -0.122. The molecular formula is C28H24N4O5S. The number of amides is 2. The highest BCUT2D eigenvalue weighted by atomic mass is 32.2. The summed E-state index contributed by atoms with van der Waals surface area (Å²) >= 11 is 0. The highest BCUT2D eigenvalue weighted by Gasteiger charge is 2.46. The van der Waals surface area contributed by atoms with Crippen molar-refractivity contribution in [2.75, 3.05) is 18.6 Å². The number of benzene rings is 3. The minimum absolute atomic E-state index is 0.00528. The molecule has 0 aliphatic carbocycles. The maximum absolute atomic E-state index is 13.9. The Bertz CT molecular complexity index is 1650. The quantitative estimate of drug-likeness (QED) is 0.349. The maximum Gasteiger partial charge on any atom is 0.252 e. The van der Waals surface area contributed by atoms with Crippen molar-refractivity contribution in [1.29, 1.82) is 5.26 Å². The summed E-state index contributed by atoms with van der Waals surface area (Å²) in [5.41, 5.74) is 2.49. The third kappa shape index (κ3) is 4.53. The fourth-order valence-corrected chi connectivity index (χ4v) is 6.28. The highest BCUT2D eigenvalue weighted by Crippen LogP contribution is 2.31. The Hall–Kier alpha value is -4.46. The van der Waals surface area contributed by atoms with Crippen molar-refractivity contribution < 1.29 is 22.7 Å². The Morgan fingerprint density at radius 3 is 2.45 bits per heavy atom. The van der Waals surface area contributed by atoms with Crippen LogP contribution in [0.3, 0.4) is 0 Å². The second kappa shape index (κ2) is 10.1. The van der Waals surface area contributed by atoms with Crippen LogP contribution in [-0.4, -0.2) is 49.2 Å². The lowest BCUT2D eigenvalue weighted by atomic mass is 10.1. The minimum Gasteiger partial charge on any atom is -0.497 e. The number of H-pyrrole nitrogens is 1. The van der Waals surface area contributed by atoms with Gasteiger partial charge in [0.1, 0.15) is 11.8 Å². The van der Waals surface area contributed by atoms with Crippen LogP contribution in [0.4, 0.5) is 5.69 Å². The number of fused-ring (bicyclic) bond motifs is 1. The predicted molar refractivity (Wildman–Crippen MR) is 141 cm³/mol. The Labute approximate surface area is 219 Å². The number of anilines is 1. The van der Waals surface area contributed by atoms with Crippen molar-refractivity contribution in [3.63, 3.8) is 0 Å². The molecule has 9 nitrogen and oxygen atoms in total. The Kier molecular flexibility index (Phi) is 6.72. The molecule has 2 heterocycles. The SMILES string of the molecule is COc1ccc(S(=O)(=O)N(CCc2c[nH]c3ccccc23)C2CC(=O)N(c3ccc(C#N)cc3)C2=O)cc1. The summed E-state index contributed by atoms with van der Waals surface area (Å²) in [5.74, 6) is -0.643. The molecule has 4 aromatic rings. The minimum atomic E-state index is -4.16. The fraction of sp³-hybridized carbons (Fsp3) is 0.179. The van der Waals surface area contributed by atoms with E-state index < -0.39 is 27.9 Å². The number of aromatic amines is 1. The van der Waals surface area contributed by atoms with Gasteiger partial charge < -0.3 is 9.72 Å². The number of rotatable bonds is 8. The summed E-state index contributed by atoms with van der Waals surface area (Å²) in [5, 5.41) is 10.0. The molecule has 5 rings (SSSR count). The topological polar surface area (TPSA) is 124 Å². The van der Waals surface area contributed by atoms with E-state index in [0.29, 0.717) is 23.4 Å². The summed E-state index contributed by atoms with van der Waals surface area (Å²) in [6.07, 6.45) is 1.86. The van der Waals surface area contributed by atoms with Gasteiger partial charge >= 0.3 is 0 Å². The third-order valence-corrected chi connectivity index (χ3v) is 8.59. The summed E-state index contributed by atoms with van der Waals surface area (Å²) in [6, 6.07) is 20.4. The molecule has 2 amide bonds. The number of carbonyl (C=O) groups excluding carboxylic acids is 2. The first-order valence-electron chi connectivity index (χ1n) is 11.9. The molecule has 192 valence electrons. The smallest absolute Gasteiger partial charge is 0.252 e. The Morgan fingerprint density at radius 2 is 1.76 bits per heavy atom. The van der Waals surface area contributed by atoms with E-state index in [1.165, 1.54) is 55.6 Å². The van der Waals surface area contributed by atoms with E-state index in [-0.39, 0.29) is 17.9 Å². The molecule has 3 aromatic carbocycles. The molecule has 1 atom stereocenters. The van der Waals surface area contributed by atoms with Crippen molar-refractivity contribution in [3.05, 3.63) is 90.1 Å². The number of hydrogen-bond acceptors (Lipinski definition) is 6. The first kappa shape index (κ1) is 25.2. The van der Waals surface area contributed by atoms with Crippen LogP contribution in [0.1, 0.15) is 17.5 Å². The summed E-state index contributed by atoms with van der Waals surface area (Å²) < 4.78 is 34.0. The number of ether oxygens (including phenoxy) is 1. The van der Waals surface area contributed by atoms with Gasteiger partial charge in [-0.2, -0.15) is 9.57 Å². The van der Waals surface area contributed by atoms with Gasteiger partial charge in [-0.15, -0.1) is 0 Å². The van der Waals surface area contributed by atoms with Crippen LogP contribution in [0.2, 0.25) is 0 Å². The first-order chi connectivity index (χ1) is 18.3. The van der Waals surface area contributed by atoms with E-state index in [1.54, 1.807) is 0 Å². The lowest BCUT2D eigenvalue weighted by Crippen LogP contribution is -2.46. The van der Waals surface area contributed by atoms with Gasteiger partial charge in [0.2, 0.25) is 15.9 Å². The largest absolute Gasteiger partial charge is 0.497 e. The zero-order valence-electron chi connectivity index (χ0n) is 20.5. The molecule has 1 aliphatic rings. The molecule has 0 bridgehead atoms. The van der Waals surface area contributed by atoms with Gasteiger partial charge in [0.15, 0.2) is 0 Å². The number of nitriles is 1. The number of imide groups is 1. The van der Waals surface area contributed by atoms with E-state index in [9.17, 15) is 18.0 Å². The number of nitrogens with one attached hydrogen (secondary N) is 1. The van der Waals surface area contributed by atoms with Crippen LogP contribution >= 0.6 is 0 Å². The molecule has 1 aliphatic heterocycles. The third-order valence-electron chi connectivity index (χ3n) is 6.67. The zero-order chi connectivity index (χ0) is 26.9. The standard InChI is InChI=1S/C28H24N4O5S/c1-37-22-10-12-23(13-11-22)38(35,36)31(15-14-20-18-30-25-5-3-2-4-24(20)25)26-16-27(33)32(28(26)34)21-8-6-19(17-29)7-9-21/h2-13,18,26,30H,14-16H2,1H3. The molecule has 1 aromatic heterocycles. The normalized spacial score (nSPS) is 15.8. The molecule has 0 radical (unpaired) electrons. The molecule has 1 fully saturated rings. The molecule has 0 spiro atoms. The molecule has 38 heavy (non-hydrogen) atoms. The van der Waals surface area contributed by atoms with E-state index in [4.69, 9.17) is 10.00 Å². The Balaban J connectivity index is 1.50. The average Bonchev–Trinajstić information content (AvgIpc) is 3.48. The van der Waals surface area contributed by atoms with Gasteiger partial charge in [0.05, 0.1) is 35.7 Å². The number of methoxy groups -OCH3 is 1. The zero-order valence-corrected chi connectivity index (χ0v) is 21.3. The summed E-state index contributed by atoms with van der Waals surface area (Å²) in [4.78, 5) is 30.8. The van der Waals surface area contributed by atoms with E-state index >= 15 is 0 Å². The second-order valence-electron chi connectivity index (χ2n) is 8.85. The number of carbonyl (C=O) groups is 2. The molecule has 1 N–H and O–H groups in total. The number of hydrogen-bond donors (Lipinski definition) is 1. The van der Waals surface area contributed by atoms with Gasteiger partial charge in [-0.25, -0.2) is 13.3 Å². The molecule has 0 saturated carbocycles. The fourth-order valence-electron chi connectivity index (χ4n) is 4.69. The van der Waals surface area contributed by atoms with Crippen molar-refractivity contribution in [1.82, 2.24) is 9.29 Å². The monoisotopic (exact) mass is 528 g/mol. The van der Waals surface area contributed by atoms with Crippen LogP contribution in [0.5, 0.6) is 5.75 Å². The van der Waals surface area contributed by atoms with E-state index in [0.717, 1.165) is 25.7 Å². The van der Waals surface area contributed by atoms with Crippen molar-refractivity contribution in [2.24, 2.45) is 0 Å². The van der Waals surface area contributed by atoms with Crippen molar-refractivity contribution in [3.8, 4) is 11.8 Å². The van der Waals surface area contributed by atoms with Gasteiger partial charge in [0, 0.05) is 23.6 Å². The van der Waals surface area contributed by atoms with E-state index in [1.807, 2.05) is 36.5 Å². The van der Waals surface area contributed by atoms with Gasteiger partial charge in [0.25, 0.3) is 5.91 Å².